The maximum Gasteiger partial charge on any atom is 0.255 e. The Morgan fingerprint density at radius 2 is 1.81 bits per heavy atom. The second-order valence-electron chi connectivity index (χ2n) is 8.40. The van der Waals surface area contributed by atoms with Gasteiger partial charge < -0.3 is 10.3 Å². The van der Waals surface area contributed by atoms with Crippen LogP contribution in [0.25, 0.3) is 10.8 Å². The summed E-state index contributed by atoms with van der Waals surface area (Å²) in [5.41, 5.74) is -0.397. The number of rotatable bonds is 6. The Balaban J connectivity index is 1.59. The zero-order chi connectivity index (χ0) is 22.0. The van der Waals surface area contributed by atoms with Crippen LogP contribution in [0.15, 0.2) is 47.4 Å². The summed E-state index contributed by atoms with van der Waals surface area (Å²) in [5, 5.41) is 4.04. The van der Waals surface area contributed by atoms with Crippen LogP contribution in [-0.2, 0) is 0 Å². The number of benzene rings is 2. The topological polar surface area (TPSA) is 62.0 Å². The number of aromatic nitrogens is 1. The second kappa shape index (κ2) is 9.10. The van der Waals surface area contributed by atoms with Gasteiger partial charge in [0.1, 0.15) is 11.6 Å². The van der Waals surface area contributed by atoms with Gasteiger partial charge in [-0.05, 0) is 67.4 Å². The average Bonchev–Trinajstić information content (AvgIpc) is 2.77. The number of fused-ring (bicyclic) bond motifs is 1. The summed E-state index contributed by atoms with van der Waals surface area (Å²) in [6.07, 6.45) is 7.54. The average molecular weight is 424 g/mol. The minimum Gasteiger partial charge on any atom is -0.329 e. The van der Waals surface area contributed by atoms with E-state index in [1.54, 1.807) is 12.1 Å². The number of H-pyrrole nitrogens is 1. The van der Waals surface area contributed by atoms with E-state index in [9.17, 15) is 18.4 Å². The van der Waals surface area contributed by atoms with Gasteiger partial charge >= 0.3 is 0 Å². The molecule has 2 N–H and O–H groups in total. The van der Waals surface area contributed by atoms with Gasteiger partial charge in [0.25, 0.3) is 5.56 Å². The van der Waals surface area contributed by atoms with Crippen LogP contribution in [0.3, 0.4) is 0 Å². The van der Waals surface area contributed by atoms with E-state index in [1.165, 1.54) is 62.6 Å². The molecule has 1 aromatic heterocycles. The normalized spacial score (nSPS) is 15.8. The number of ketones is 1. The molecule has 2 aromatic carbocycles. The van der Waals surface area contributed by atoms with Crippen molar-refractivity contribution in [3.63, 3.8) is 0 Å². The largest absolute Gasteiger partial charge is 0.329 e. The number of carbonyl (C=O) groups is 1. The van der Waals surface area contributed by atoms with Gasteiger partial charge in [-0.2, -0.15) is 0 Å². The molecule has 1 atom stereocenters. The van der Waals surface area contributed by atoms with Crippen LogP contribution in [0.1, 0.15) is 66.6 Å². The number of hydrogen-bond donors (Lipinski definition) is 2. The Bertz CT molecular complexity index is 1140. The van der Waals surface area contributed by atoms with Crippen LogP contribution in [-0.4, -0.2) is 17.3 Å². The van der Waals surface area contributed by atoms with Crippen molar-refractivity contribution in [1.82, 2.24) is 10.3 Å². The first-order valence-corrected chi connectivity index (χ1v) is 10.8. The van der Waals surface area contributed by atoms with E-state index in [4.69, 9.17) is 0 Å². The van der Waals surface area contributed by atoms with Gasteiger partial charge in [0.05, 0.1) is 5.56 Å². The van der Waals surface area contributed by atoms with Crippen molar-refractivity contribution in [3.05, 3.63) is 81.3 Å². The van der Waals surface area contributed by atoms with Crippen LogP contribution >= 0.6 is 0 Å². The maximum atomic E-state index is 14.9. The molecule has 0 amide bonds. The zero-order valence-corrected chi connectivity index (χ0v) is 17.5. The second-order valence-corrected chi connectivity index (χ2v) is 8.40. The van der Waals surface area contributed by atoms with E-state index in [1.807, 2.05) is 6.92 Å². The number of aromatic amines is 1. The third-order valence-corrected chi connectivity index (χ3v) is 6.29. The molecule has 3 aromatic rings. The highest BCUT2D eigenvalue weighted by Gasteiger charge is 2.23. The summed E-state index contributed by atoms with van der Waals surface area (Å²) in [4.78, 5) is 27.6. The first kappa shape index (κ1) is 21.4. The molecule has 1 aliphatic carbocycles. The lowest BCUT2D eigenvalue weighted by Gasteiger charge is -2.24. The first-order chi connectivity index (χ1) is 15.0. The summed E-state index contributed by atoms with van der Waals surface area (Å²) in [6.45, 7) is 2.69. The molecule has 1 heterocycles. The summed E-state index contributed by atoms with van der Waals surface area (Å²) < 4.78 is 29.9. The van der Waals surface area contributed by atoms with Crippen molar-refractivity contribution in [3.8, 4) is 0 Å². The molecule has 0 radical (unpaired) electrons. The molecule has 0 bridgehead atoms. The number of pyridine rings is 1. The van der Waals surface area contributed by atoms with Gasteiger partial charge in [-0.1, -0.05) is 31.4 Å². The summed E-state index contributed by atoms with van der Waals surface area (Å²) in [6, 6.07) is 8.37. The number of hydrogen-bond acceptors (Lipinski definition) is 3. The third kappa shape index (κ3) is 4.44. The highest BCUT2D eigenvalue weighted by molar-refractivity contribution is 6.16. The Kier molecular flexibility index (Phi) is 6.28. The predicted molar refractivity (Wildman–Crippen MR) is 117 cm³/mol. The van der Waals surface area contributed by atoms with E-state index >= 15 is 0 Å². The van der Waals surface area contributed by atoms with Crippen molar-refractivity contribution < 1.29 is 13.6 Å². The highest BCUT2D eigenvalue weighted by Crippen LogP contribution is 2.27. The number of carbonyl (C=O) groups excluding carboxylic acids is 1. The SMILES string of the molecule is CC(NCC1CCCCC1)c1cc(F)c(C(=O)c2cccc3c(=O)[nH]ccc23)c(F)c1. The molecule has 0 aliphatic heterocycles. The zero-order valence-electron chi connectivity index (χ0n) is 17.5. The fraction of sp³-hybridized carbons (Fsp3) is 0.360. The number of nitrogens with one attached hydrogen (secondary N) is 2. The van der Waals surface area contributed by atoms with Crippen molar-refractivity contribution >= 4 is 16.6 Å². The molecular formula is C25H26F2N2O2. The van der Waals surface area contributed by atoms with Crippen molar-refractivity contribution in [1.29, 1.82) is 0 Å². The van der Waals surface area contributed by atoms with Gasteiger partial charge in [0, 0.05) is 23.2 Å². The van der Waals surface area contributed by atoms with E-state index in [0.29, 0.717) is 22.3 Å². The lowest BCUT2D eigenvalue weighted by Crippen LogP contribution is -2.27. The Hall–Kier alpha value is -2.86. The monoisotopic (exact) mass is 424 g/mol. The number of halogens is 2. The standard InChI is InChI=1S/C25H26F2N2O2/c1-15(29-14-16-6-3-2-4-7-16)17-12-21(26)23(22(27)13-17)24(30)19-8-5-9-20-18(19)10-11-28-25(20)31/h5,8-13,15-16,29H,2-4,6-7,14H2,1H3,(H,28,31). The minimum atomic E-state index is -0.895. The van der Waals surface area contributed by atoms with Crippen molar-refractivity contribution in [2.75, 3.05) is 6.54 Å². The van der Waals surface area contributed by atoms with Crippen LogP contribution in [0.4, 0.5) is 8.78 Å². The summed E-state index contributed by atoms with van der Waals surface area (Å²) >= 11 is 0. The van der Waals surface area contributed by atoms with Crippen LogP contribution < -0.4 is 10.9 Å². The van der Waals surface area contributed by atoms with E-state index < -0.39 is 23.0 Å². The molecule has 0 spiro atoms. The Labute approximate surface area is 179 Å². The lowest BCUT2D eigenvalue weighted by atomic mass is 9.89. The van der Waals surface area contributed by atoms with E-state index in [-0.39, 0.29) is 17.2 Å². The van der Waals surface area contributed by atoms with Gasteiger partial charge in [-0.25, -0.2) is 8.78 Å². The smallest absolute Gasteiger partial charge is 0.255 e. The van der Waals surface area contributed by atoms with Crippen molar-refractivity contribution in [2.45, 2.75) is 45.1 Å². The molecule has 162 valence electrons. The molecule has 4 nitrogen and oxygen atoms in total. The quantitative estimate of drug-likeness (QED) is 0.530. The molecule has 6 heteroatoms. The van der Waals surface area contributed by atoms with Gasteiger partial charge in [-0.3, -0.25) is 9.59 Å². The molecule has 1 fully saturated rings. The van der Waals surface area contributed by atoms with Crippen LogP contribution in [0.2, 0.25) is 0 Å². The molecule has 1 unspecified atom stereocenters. The van der Waals surface area contributed by atoms with Crippen LogP contribution in [0.5, 0.6) is 0 Å². The predicted octanol–water partition coefficient (Wildman–Crippen LogP) is 5.27. The summed E-state index contributed by atoms with van der Waals surface area (Å²) in [5.74, 6) is -1.97. The minimum absolute atomic E-state index is 0.0950. The molecule has 4 rings (SSSR count). The van der Waals surface area contributed by atoms with E-state index in [0.717, 1.165) is 6.54 Å². The Morgan fingerprint density at radius 1 is 1.10 bits per heavy atom. The molecule has 0 saturated heterocycles. The lowest BCUT2D eigenvalue weighted by molar-refractivity contribution is 0.103. The fourth-order valence-electron chi connectivity index (χ4n) is 4.47. The molecule has 1 aliphatic rings. The Morgan fingerprint density at radius 3 is 2.52 bits per heavy atom. The molecular weight excluding hydrogens is 398 g/mol. The van der Waals surface area contributed by atoms with Crippen molar-refractivity contribution in [2.24, 2.45) is 5.92 Å². The van der Waals surface area contributed by atoms with E-state index in [2.05, 4.69) is 10.3 Å². The fourth-order valence-corrected chi connectivity index (χ4v) is 4.47. The first-order valence-electron chi connectivity index (χ1n) is 10.8. The highest BCUT2D eigenvalue weighted by atomic mass is 19.1. The van der Waals surface area contributed by atoms with Crippen LogP contribution in [0, 0.1) is 17.6 Å². The van der Waals surface area contributed by atoms with Gasteiger partial charge in [-0.15, -0.1) is 0 Å². The molecule has 31 heavy (non-hydrogen) atoms. The molecule has 1 saturated carbocycles. The summed E-state index contributed by atoms with van der Waals surface area (Å²) in [7, 11) is 0. The maximum absolute atomic E-state index is 14.9. The van der Waals surface area contributed by atoms with Gasteiger partial charge in [0.15, 0.2) is 5.78 Å². The van der Waals surface area contributed by atoms with Gasteiger partial charge in [0.2, 0.25) is 0 Å². The third-order valence-electron chi connectivity index (χ3n) is 6.29.